The number of hydrogen-bond acceptors (Lipinski definition) is 6. The Morgan fingerprint density at radius 1 is 0.841 bits per heavy atom. The molecule has 0 aromatic heterocycles. The van der Waals surface area contributed by atoms with Crippen molar-refractivity contribution in [2.75, 3.05) is 28.0 Å². The molecule has 1 amide bonds. The van der Waals surface area contributed by atoms with E-state index < -0.39 is 54.9 Å². The van der Waals surface area contributed by atoms with Crippen molar-refractivity contribution in [3.63, 3.8) is 0 Å². The lowest BCUT2D eigenvalue weighted by Crippen LogP contribution is -2.38. The lowest BCUT2D eigenvalue weighted by molar-refractivity contribution is -0.137. The first-order valence-electron chi connectivity index (χ1n) is 12.6. The molecule has 0 radical (unpaired) electrons. The van der Waals surface area contributed by atoms with Crippen LogP contribution in [0.5, 0.6) is 5.75 Å². The van der Waals surface area contributed by atoms with Gasteiger partial charge in [-0.15, -0.1) is 0 Å². The number of halogens is 4. The molecule has 4 aromatic rings. The summed E-state index contributed by atoms with van der Waals surface area (Å²) < 4.78 is 101. The minimum atomic E-state index is -4.89. The number of carbonyl (C=O) groups is 1. The molecule has 0 aliphatic heterocycles. The van der Waals surface area contributed by atoms with Crippen LogP contribution in [0.4, 0.5) is 30.2 Å². The lowest BCUT2D eigenvalue weighted by Gasteiger charge is -2.25. The van der Waals surface area contributed by atoms with Gasteiger partial charge in [0.25, 0.3) is 20.0 Å². The van der Waals surface area contributed by atoms with Gasteiger partial charge in [0.15, 0.2) is 0 Å². The zero-order chi connectivity index (χ0) is 32.3. The fourth-order valence-electron chi connectivity index (χ4n) is 3.96. The van der Waals surface area contributed by atoms with Crippen LogP contribution in [0.15, 0.2) is 101 Å². The highest BCUT2D eigenvalue weighted by Gasteiger charge is 2.35. The summed E-state index contributed by atoms with van der Waals surface area (Å²) in [5.41, 5.74) is -0.583. The highest BCUT2D eigenvalue weighted by molar-refractivity contribution is 7.93. The molecule has 2 N–H and O–H groups in total. The second-order valence-corrected chi connectivity index (χ2v) is 13.3. The molecule has 15 heteroatoms. The number of hydrogen-bond donors (Lipinski definition) is 2. The van der Waals surface area contributed by atoms with Crippen molar-refractivity contribution in [2.45, 2.75) is 22.9 Å². The second-order valence-electron chi connectivity index (χ2n) is 9.39. The molecule has 0 saturated heterocycles. The maximum absolute atomic E-state index is 13.6. The third-order valence-corrected chi connectivity index (χ3v) is 9.74. The Morgan fingerprint density at radius 2 is 1.41 bits per heavy atom. The number of aryl methyl sites for hydroxylation is 1. The molecule has 0 saturated carbocycles. The van der Waals surface area contributed by atoms with Crippen LogP contribution in [0.3, 0.4) is 0 Å². The van der Waals surface area contributed by atoms with Gasteiger partial charge < -0.3 is 10.1 Å². The quantitative estimate of drug-likeness (QED) is 0.204. The zero-order valence-corrected chi connectivity index (χ0v) is 25.5. The predicted octanol–water partition coefficient (Wildman–Crippen LogP) is 6.31. The normalized spacial score (nSPS) is 12.0. The number of benzene rings is 4. The van der Waals surface area contributed by atoms with Crippen LogP contribution in [-0.4, -0.2) is 36.4 Å². The summed E-state index contributed by atoms with van der Waals surface area (Å²) in [7, 11) is -7.05. The zero-order valence-electron chi connectivity index (χ0n) is 23.1. The van der Waals surface area contributed by atoms with Gasteiger partial charge in [-0.05, 0) is 85.8 Å². The summed E-state index contributed by atoms with van der Waals surface area (Å²) in [5, 5.41) is 1.81. The molecule has 9 nitrogen and oxygen atoms in total. The molecule has 0 atom stereocenters. The first-order chi connectivity index (χ1) is 20.6. The summed E-state index contributed by atoms with van der Waals surface area (Å²) in [4.78, 5) is 12.7. The molecular weight excluding hydrogens is 643 g/mol. The van der Waals surface area contributed by atoms with Gasteiger partial charge in [0.05, 0.1) is 33.2 Å². The van der Waals surface area contributed by atoms with E-state index >= 15 is 0 Å². The van der Waals surface area contributed by atoms with E-state index in [1.807, 2.05) is 0 Å². The average molecular weight is 668 g/mol. The van der Waals surface area contributed by atoms with E-state index in [0.29, 0.717) is 16.1 Å². The molecule has 0 unspecified atom stereocenters. The number of alkyl halides is 3. The summed E-state index contributed by atoms with van der Waals surface area (Å²) >= 11 is 5.73. The van der Waals surface area contributed by atoms with Crippen molar-refractivity contribution < 1.29 is 39.5 Å². The number of anilines is 3. The monoisotopic (exact) mass is 667 g/mol. The first kappa shape index (κ1) is 32.6. The second kappa shape index (κ2) is 12.8. The Morgan fingerprint density at radius 3 is 1.98 bits per heavy atom. The molecule has 0 heterocycles. The van der Waals surface area contributed by atoms with Crippen molar-refractivity contribution in [2.24, 2.45) is 0 Å². The van der Waals surface area contributed by atoms with Crippen molar-refractivity contribution in [3.05, 3.63) is 107 Å². The fourth-order valence-corrected chi connectivity index (χ4v) is 6.66. The number of nitrogens with one attached hydrogen (secondary N) is 2. The van der Waals surface area contributed by atoms with Crippen molar-refractivity contribution in [1.29, 1.82) is 0 Å². The van der Waals surface area contributed by atoms with E-state index in [1.54, 1.807) is 19.1 Å². The third kappa shape index (κ3) is 7.62. The van der Waals surface area contributed by atoms with E-state index in [0.717, 1.165) is 17.7 Å². The molecule has 44 heavy (non-hydrogen) atoms. The number of amides is 1. The fraction of sp³-hybridized carbons (Fsp3) is 0.138. The van der Waals surface area contributed by atoms with Crippen molar-refractivity contribution in [1.82, 2.24) is 0 Å². The maximum atomic E-state index is 13.6. The summed E-state index contributed by atoms with van der Waals surface area (Å²) in [6.45, 7) is 0.816. The molecule has 0 spiro atoms. The average Bonchev–Trinajstić information content (AvgIpc) is 2.96. The van der Waals surface area contributed by atoms with Gasteiger partial charge >= 0.3 is 6.18 Å². The number of nitrogens with zero attached hydrogens (tertiary/aromatic N) is 1. The topological polar surface area (TPSA) is 122 Å². The largest absolute Gasteiger partial charge is 0.497 e. The van der Waals surface area contributed by atoms with Crippen LogP contribution in [-0.2, 0) is 31.0 Å². The molecule has 0 aliphatic carbocycles. The number of carbonyl (C=O) groups excluding carboxylic acids is 1. The molecule has 232 valence electrons. The van der Waals surface area contributed by atoms with E-state index in [4.69, 9.17) is 16.3 Å². The van der Waals surface area contributed by atoms with Gasteiger partial charge in [-0.3, -0.25) is 13.8 Å². The van der Waals surface area contributed by atoms with Crippen LogP contribution < -0.4 is 19.1 Å². The Kier molecular flexibility index (Phi) is 9.47. The number of ether oxygens (including phenoxy) is 1. The highest BCUT2D eigenvalue weighted by atomic mass is 35.5. The van der Waals surface area contributed by atoms with Gasteiger partial charge in [0, 0.05) is 11.4 Å². The van der Waals surface area contributed by atoms with Crippen LogP contribution >= 0.6 is 11.6 Å². The Balaban J connectivity index is 1.58. The third-order valence-electron chi connectivity index (χ3n) is 6.23. The highest BCUT2D eigenvalue weighted by Crippen LogP contribution is 2.38. The van der Waals surface area contributed by atoms with Crippen molar-refractivity contribution >= 4 is 54.6 Å². The molecule has 0 aliphatic rings. The van der Waals surface area contributed by atoms with Crippen LogP contribution in [0.25, 0.3) is 0 Å². The van der Waals surface area contributed by atoms with Gasteiger partial charge in [-0.1, -0.05) is 29.3 Å². The van der Waals surface area contributed by atoms with Gasteiger partial charge in [-0.2, -0.15) is 13.2 Å². The molecule has 0 fully saturated rings. The summed E-state index contributed by atoms with van der Waals surface area (Å²) in [6.07, 6.45) is -4.89. The molecular formula is C29H25ClF3N3O6S2. The van der Waals surface area contributed by atoms with Gasteiger partial charge in [0.1, 0.15) is 12.3 Å². The number of rotatable bonds is 10. The SMILES string of the molecule is COc1ccc(NS(=O)(=O)c2ccc(NC(=O)CN(c3ccc(Cl)c(C(F)(F)F)c3)S(=O)(=O)c3ccc(C)cc3)cc2)cc1. The summed E-state index contributed by atoms with van der Waals surface area (Å²) in [5.74, 6) is -0.369. The van der Waals surface area contributed by atoms with E-state index in [9.17, 15) is 34.8 Å². The predicted molar refractivity (Wildman–Crippen MR) is 161 cm³/mol. The van der Waals surface area contributed by atoms with E-state index in [-0.39, 0.29) is 21.2 Å². The standard InChI is InChI=1S/C29H25ClF3N3O6S2/c1-19-3-12-25(13-4-19)44(40,41)36(22-9-16-27(30)26(17-22)29(31,32)33)18-28(37)34-20-7-14-24(15-8-20)43(38,39)35-21-5-10-23(42-2)11-6-21/h3-17,35H,18H2,1-2H3,(H,34,37). The Labute approximate surface area is 257 Å². The van der Waals surface area contributed by atoms with E-state index in [1.165, 1.54) is 67.8 Å². The number of methoxy groups -OCH3 is 1. The maximum Gasteiger partial charge on any atom is 0.417 e. The van der Waals surface area contributed by atoms with Crippen molar-refractivity contribution in [3.8, 4) is 5.75 Å². The smallest absolute Gasteiger partial charge is 0.417 e. The number of sulfonamides is 2. The van der Waals surface area contributed by atoms with Gasteiger partial charge in [-0.25, -0.2) is 16.8 Å². The van der Waals surface area contributed by atoms with Gasteiger partial charge in [0.2, 0.25) is 5.91 Å². The minimum absolute atomic E-state index is 0.109. The van der Waals surface area contributed by atoms with E-state index in [2.05, 4.69) is 10.0 Å². The lowest BCUT2D eigenvalue weighted by atomic mass is 10.2. The first-order valence-corrected chi connectivity index (χ1v) is 15.9. The van der Waals surface area contributed by atoms with Crippen LogP contribution in [0.1, 0.15) is 11.1 Å². The van der Waals surface area contributed by atoms with Crippen LogP contribution in [0.2, 0.25) is 5.02 Å². The molecule has 4 aromatic carbocycles. The molecule has 4 rings (SSSR count). The Hall–Kier alpha value is -4.27. The Bertz CT molecular complexity index is 1870. The van der Waals surface area contributed by atoms with Crippen LogP contribution in [0, 0.1) is 6.92 Å². The molecule has 0 bridgehead atoms. The minimum Gasteiger partial charge on any atom is -0.497 e. The summed E-state index contributed by atoms with van der Waals surface area (Å²) in [6, 6.07) is 19.3.